The number of hydrogen-bond acceptors (Lipinski definition) is 4. The first-order valence-electron chi connectivity index (χ1n) is 10.2. The lowest BCUT2D eigenvalue weighted by Crippen LogP contribution is -2.37. The lowest BCUT2D eigenvalue weighted by molar-refractivity contribution is 0.245. The van der Waals surface area contributed by atoms with Crippen LogP contribution in [-0.4, -0.2) is 30.6 Å². The Morgan fingerprint density at radius 3 is 2.66 bits per heavy atom. The summed E-state index contributed by atoms with van der Waals surface area (Å²) in [4.78, 5) is 11.7. The van der Waals surface area contributed by atoms with Gasteiger partial charge in [0.1, 0.15) is 0 Å². The number of nitrogens with one attached hydrogen (secondary N) is 1. The lowest BCUT2D eigenvalue weighted by Gasteiger charge is -2.33. The number of aromatic nitrogens is 3. The highest BCUT2D eigenvalue weighted by Gasteiger charge is 2.44. The summed E-state index contributed by atoms with van der Waals surface area (Å²) >= 11 is 7.53. The Labute approximate surface area is 180 Å². The second-order valence-corrected chi connectivity index (χ2v) is 9.21. The molecule has 0 aromatic carbocycles. The summed E-state index contributed by atoms with van der Waals surface area (Å²) in [7, 11) is 0. The van der Waals surface area contributed by atoms with Gasteiger partial charge in [0, 0.05) is 35.2 Å². The van der Waals surface area contributed by atoms with Crippen LogP contribution in [0.25, 0.3) is 5.13 Å². The van der Waals surface area contributed by atoms with Gasteiger partial charge in [-0.3, -0.25) is 9.55 Å². The number of rotatable bonds is 4. The molecule has 7 heteroatoms. The van der Waals surface area contributed by atoms with Crippen molar-refractivity contribution in [3.05, 3.63) is 64.7 Å². The zero-order valence-corrected chi connectivity index (χ0v) is 18.3. The summed E-state index contributed by atoms with van der Waals surface area (Å²) in [5, 5.41) is 7.51. The molecule has 1 N–H and O–H groups in total. The Hall–Kier alpha value is -2.25. The van der Waals surface area contributed by atoms with Crippen LogP contribution in [-0.2, 0) is 0 Å². The number of thiocarbonyl (C=S) groups is 1. The predicted molar refractivity (Wildman–Crippen MR) is 120 cm³/mol. The summed E-state index contributed by atoms with van der Waals surface area (Å²) in [6.45, 7) is 4.36. The van der Waals surface area contributed by atoms with E-state index in [2.05, 4.69) is 56.8 Å². The smallest absolute Gasteiger partial charge is 0.193 e. The van der Waals surface area contributed by atoms with Gasteiger partial charge in [0.05, 0.1) is 17.8 Å². The van der Waals surface area contributed by atoms with Crippen molar-refractivity contribution in [1.82, 2.24) is 24.8 Å². The molecule has 5 nitrogen and oxygen atoms in total. The fraction of sp³-hybridized carbons (Fsp3) is 0.409. The molecule has 1 saturated carbocycles. The minimum atomic E-state index is 0.0505. The molecule has 150 valence electrons. The number of aryl methyl sites for hydroxylation is 1. The average Bonchev–Trinajstić information content (AvgIpc) is 3.50. The quantitative estimate of drug-likeness (QED) is 0.607. The Bertz CT molecular complexity index is 1010. The maximum atomic E-state index is 5.86. The molecule has 0 bridgehead atoms. The molecule has 29 heavy (non-hydrogen) atoms. The minimum absolute atomic E-state index is 0.0505. The zero-order valence-electron chi connectivity index (χ0n) is 16.7. The molecule has 3 aromatic rings. The first kappa shape index (κ1) is 18.8. The van der Waals surface area contributed by atoms with Gasteiger partial charge in [-0.2, -0.15) is 0 Å². The topological polar surface area (TPSA) is 46.0 Å². The van der Waals surface area contributed by atoms with Crippen LogP contribution in [0.2, 0.25) is 0 Å². The zero-order chi connectivity index (χ0) is 20.0. The van der Waals surface area contributed by atoms with Gasteiger partial charge in [-0.05, 0) is 62.7 Å². The second-order valence-electron chi connectivity index (χ2n) is 7.95. The van der Waals surface area contributed by atoms with Crippen molar-refractivity contribution in [2.45, 2.75) is 57.7 Å². The van der Waals surface area contributed by atoms with Crippen LogP contribution < -0.4 is 5.32 Å². The third-order valence-electron chi connectivity index (χ3n) is 6.25. The highest BCUT2D eigenvalue weighted by Crippen LogP contribution is 2.44. The number of nitrogens with zero attached hydrogens (tertiary/aromatic N) is 4. The van der Waals surface area contributed by atoms with Crippen molar-refractivity contribution >= 4 is 28.7 Å². The molecule has 3 aromatic heterocycles. The first-order valence-corrected chi connectivity index (χ1v) is 11.5. The van der Waals surface area contributed by atoms with Crippen LogP contribution in [0.1, 0.15) is 60.4 Å². The van der Waals surface area contributed by atoms with Gasteiger partial charge in [0.2, 0.25) is 0 Å². The fourth-order valence-electron chi connectivity index (χ4n) is 4.98. The van der Waals surface area contributed by atoms with Crippen LogP contribution in [0.3, 0.4) is 0 Å². The average molecular weight is 424 g/mol. The highest BCUT2D eigenvalue weighted by molar-refractivity contribution is 7.80. The molecule has 2 fully saturated rings. The molecule has 0 radical (unpaired) electrons. The molecular weight excluding hydrogens is 398 g/mol. The summed E-state index contributed by atoms with van der Waals surface area (Å²) < 4.78 is 2.27. The largest absolute Gasteiger partial charge is 0.352 e. The molecule has 0 spiro atoms. The molecule has 0 amide bonds. The van der Waals surface area contributed by atoms with Gasteiger partial charge >= 0.3 is 0 Å². The first-order chi connectivity index (χ1) is 14.1. The van der Waals surface area contributed by atoms with Gasteiger partial charge in [-0.15, -0.1) is 11.3 Å². The van der Waals surface area contributed by atoms with Crippen LogP contribution in [0.15, 0.2) is 42.0 Å². The van der Waals surface area contributed by atoms with Gasteiger partial charge in [0.25, 0.3) is 0 Å². The van der Waals surface area contributed by atoms with Crippen LogP contribution in [0.4, 0.5) is 0 Å². The summed E-state index contributed by atoms with van der Waals surface area (Å²) in [6, 6.07) is 9.13. The number of hydrogen-bond donors (Lipinski definition) is 1. The molecule has 1 aliphatic carbocycles. The van der Waals surface area contributed by atoms with Crippen LogP contribution in [0.5, 0.6) is 0 Å². The van der Waals surface area contributed by atoms with Crippen molar-refractivity contribution in [2.24, 2.45) is 0 Å². The molecule has 5 rings (SSSR count). The fourth-order valence-corrected chi connectivity index (χ4v) is 6.12. The second kappa shape index (κ2) is 7.54. The standard InChI is InChI=1S/C22H25N5S2/c1-14-13-17(15(2)26(14)22-24-11-12-29-22)20-19(18-9-5-6-10-23-18)25-21(28)27(20)16-7-3-4-8-16/h5-6,9-13,16,19-20H,3-4,7-8H2,1-2H3,(H,25,28)/t19-,20+/m1/s1. The maximum absolute atomic E-state index is 5.86. The molecular formula is C22H25N5S2. The van der Waals surface area contributed by atoms with E-state index in [1.165, 1.54) is 42.6 Å². The lowest BCUT2D eigenvalue weighted by atomic mass is 9.95. The molecule has 1 saturated heterocycles. The van der Waals surface area contributed by atoms with Crippen LogP contribution in [0, 0.1) is 13.8 Å². The summed E-state index contributed by atoms with van der Waals surface area (Å²) in [5.74, 6) is 0. The SMILES string of the molecule is Cc1cc([C@H]2[C@@H](c3ccccn3)NC(=S)N2C2CCCC2)c(C)n1-c1nccs1. The van der Waals surface area contributed by atoms with E-state index in [-0.39, 0.29) is 12.1 Å². The molecule has 4 heterocycles. The normalized spacial score (nSPS) is 22.4. The summed E-state index contributed by atoms with van der Waals surface area (Å²) in [6.07, 6.45) is 8.71. The van der Waals surface area contributed by atoms with Crippen molar-refractivity contribution in [1.29, 1.82) is 0 Å². The van der Waals surface area contributed by atoms with E-state index >= 15 is 0 Å². The minimum Gasteiger partial charge on any atom is -0.352 e. The Kier molecular flexibility index (Phi) is 4.87. The number of thiazole rings is 1. The molecule has 1 aliphatic heterocycles. The molecule has 2 aliphatic rings. The van der Waals surface area contributed by atoms with E-state index in [0.717, 1.165) is 15.9 Å². The van der Waals surface area contributed by atoms with Gasteiger partial charge in [-0.25, -0.2) is 4.98 Å². The monoisotopic (exact) mass is 423 g/mol. The highest BCUT2D eigenvalue weighted by atomic mass is 32.1. The maximum Gasteiger partial charge on any atom is 0.193 e. The van der Waals surface area contributed by atoms with E-state index in [1.807, 2.05) is 23.8 Å². The predicted octanol–water partition coefficient (Wildman–Crippen LogP) is 4.86. The summed E-state index contributed by atoms with van der Waals surface area (Å²) in [5.41, 5.74) is 4.79. The Morgan fingerprint density at radius 1 is 1.14 bits per heavy atom. The van der Waals surface area contributed by atoms with Crippen molar-refractivity contribution in [3.8, 4) is 5.13 Å². The third-order valence-corrected chi connectivity index (χ3v) is 7.34. The van der Waals surface area contributed by atoms with E-state index in [1.54, 1.807) is 11.3 Å². The van der Waals surface area contributed by atoms with Crippen molar-refractivity contribution in [3.63, 3.8) is 0 Å². The van der Waals surface area contributed by atoms with E-state index < -0.39 is 0 Å². The van der Waals surface area contributed by atoms with E-state index in [4.69, 9.17) is 12.2 Å². The van der Waals surface area contributed by atoms with Crippen molar-refractivity contribution < 1.29 is 0 Å². The number of pyridine rings is 1. The van der Waals surface area contributed by atoms with E-state index in [9.17, 15) is 0 Å². The van der Waals surface area contributed by atoms with Gasteiger partial charge in [0.15, 0.2) is 10.2 Å². The Morgan fingerprint density at radius 2 is 1.97 bits per heavy atom. The Balaban J connectivity index is 1.64. The molecule has 0 unspecified atom stereocenters. The molecule has 2 atom stereocenters. The van der Waals surface area contributed by atoms with E-state index in [0.29, 0.717) is 6.04 Å². The van der Waals surface area contributed by atoms with Gasteiger partial charge < -0.3 is 10.2 Å². The third kappa shape index (κ3) is 3.16. The van der Waals surface area contributed by atoms with Crippen LogP contribution >= 0.6 is 23.6 Å². The van der Waals surface area contributed by atoms with Crippen molar-refractivity contribution in [2.75, 3.05) is 0 Å². The van der Waals surface area contributed by atoms with Gasteiger partial charge in [-0.1, -0.05) is 18.9 Å².